The number of carbonyl (C=O) groups is 1. The normalized spacial score (nSPS) is 10.5. The van der Waals surface area contributed by atoms with Gasteiger partial charge in [0.1, 0.15) is 10.7 Å². The first kappa shape index (κ1) is 13.4. The minimum Gasteiger partial charge on any atom is -0.382 e. The van der Waals surface area contributed by atoms with Crippen LogP contribution in [-0.4, -0.2) is 16.9 Å². The summed E-state index contributed by atoms with van der Waals surface area (Å²) >= 11 is 1.26. The molecule has 0 saturated heterocycles. The lowest BCUT2D eigenvalue weighted by atomic mass is 10.3. The average Bonchev–Trinajstić information content (AvgIpc) is 2.70. The standard InChI is InChI=1S/C13H16N4OS/c1-8(2)15-13-17-11(14)10(19-13)12(18)16-9-6-4-3-5-7-9/h3-8H,14H2,1-2H3,(H,15,17)(H,16,18). The number of nitrogens with zero attached hydrogens (tertiary/aromatic N) is 1. The molecule has 1 heterocycles. The number of carbonyl (C=O) groups excluding carboxylic acids is 1. The molecule has 0 aliphatic carbocycles. The predicted molar refractivity (Wildman–Crippen MR) is 79.7 cm³/mol. The molecule has 4 N–H and O–H groups in total. The van der Waals surface area contributed by atoms with Crippen LogP contribution in [0.1, 0.15) is 23.5 Å². The third kappa shape index (κ3) is 3.45. The highest BCUT2D eigenvalue weighted by molar-refractivity contribution is 7.18. The Balaban J connectivity index is 2.13. The minimum atomic E-state index is -0.238. The number of benzene rings is 1. The summed E-state index contributed by atoms with van der Waals surface area (Å²) in [6.45, 7) is 4.00. The van der Waals surface area contributed by atoms with E-state index in [2.05, 4.69) is 15.6 Å². The summed E-state index contributed by atoms with van der Waals surface area (Å²) in [5.41, 5.74) is 6.51. The summed E-state index contributed by atoms with van der Waals surface area (Å²) < 4.78 is 0. The Kier molecular flexibility index (Phi) is 4.01. The molecule has 0 radical (unpaired) electrons. The lowest BCUT2D eigenvalue weighted by Gasteiger charge is -2.04. The zero-order valence-corrected chi connectivity index (χ0v) is 11.6. The molecule has 0 aliphatic rings. The van der Waals surface area contributed by atoms with E-state index >= 15 is 0 Å². The molecular weight excluding hydrogens is 260 g/mol. The zero-order valence-electron chi connectivity index (χ0n) is 10.8. The van der Waals surface area contributed by atoms with E-state index in [0.29, 0.717) is 10.0 Å². The third-order valence-electron chi connectivity index (χ3n) is 2.30. The van der Waals surface area contributed by atoms with E-state index in [1.807, 2.05) is 44.2 Å². The summed E-state index contributed by atoms with van der Waals surface area (Å²) in [7, 11) is 0. The minimum absolute atomic E-state index is 0.238. The summed E-state index contributed by atoms with van der Waals surface area (Å²) in [5, 5.41) is 6.58. The van der Waals surface area contributed by atoms with Crippen LogP contribution in [-0.2, 0) is 0 Å². The number of aromatic nitrogens is 1. The first-order valence-corrected chi connectivity index (χ1v) is 6.77. The van der Waals surface area contributed by atoms with E-state index in [4.69, 9.17) is 5.73 Å². The van der Waals surface area contributed by atoms with Gasteiger partial charge in [0, 0.05) is 11.7 Å². The van der Waals surface area contributed by atoms with Gasteiger partial charge in [0.15, 0.2) is 5.13 Å². The lowest BCUT2D eigenvalue weighted by Crippen LogP contribution is -2.11. The number of amides is 1. The van der Waals surface area contributed by atoms with Crippen LogP contribution in [0.15, 0.2) is 30.3 Å². The van der Waals surface area contributed by atoms with Gasteiger partial charge in [-0.3, -0.25) is 4.79 Å². The van der Waals surface area contributed by atoms with Crippen molar-refractivity contribution >= 4 is 33.9 Å². The predicted octanol–water partition coefficient (Wildman–Crippen LogP) is 2.80. The fraction of sp³-hybridized carbons (Fsp3) is 0.231. The lowest BCUT2D eigenvalue weighted by molar-refractivity contribution is 0.103. The Morgan fingerprint density at radius 1 is 1.32 bits per heavy atom. The molecule has 0 atom stereocenters. The van der Waals surface area contributed by atoms with Gasteiger partial charge in [0.2, 0.25) is 0 Å². The maximum Gasteiger partial charge on any atom is 0.269 e. The second-order valence-corrected chi connectivity index (χ2v) is 5.35. The van der Waals surface area contributed by atoms with Crippen molar-refractivity contribution in [2.75, 3.05) is 16.4 Å². The molecule has 0 unspecified atom stereocenters. The van der Waals surface area contributed by atoms with Crippen LogP contribution < -0.4 is 16.4 Å². The summed E-state index contributed by atoms with van der Waals surface area (Å²) in [4.78, 5) is 16.6. The summed E-state index contributed by atoms with van der Waals surface area (Å²) in [6, 6.07) is 9.50. The third-order valence-corrected chi connectivity index (χ3v) is 3.30. The van der Waals surface area contributed by atoms with E-state index in [9.17, 15) is 4.79 Å². The van der Waals surface area contributed by atoms with Crippen LogP contribution in [0.3, 0.4) is 0 Å². The summed E-state index contributed by atoms with van der Waals surface area (Å²) in [5.74, 6) is 0.0135. The van der Waals surface area contributed by atoms with Gasteiger partial charge in [-0.25, -0.2) is 4.98 Å². The Labute approximate surface area is 115 Å². The highest BCUT2D eigenvalue weighted by Gasteiger charge is 2.16. The molecule has 5 nitrogen and oxygen atoms in total. The van der Waals surface area contributed by atoms with E-state index < -0.39 is 0 Å². The molecule has 0 saturated carbocycles. The van der Waals surface area contributed by atoms with Crippen LogP contribution in [0.5, 0.6) is 0 Å². The van der Waals surface area contributed by atoms with Gasteiger partial charge in [-0.1, -0.05) is 29.5 Å². The van der Waals surface area contributed by atoms with Gasteiger partial charge in [-0.05, 0) is 26.0 Å². The van der Waals surface area contributed by atoms with Crippen LogP contribution in [0, 0.1) is 0 Å². The number of para-hydroxylation sites is 1. The number of nitrogens with one attached hydrogen (secondary N) is 2. The van der Waals surface area contributed by atoms with Gasteiger partial charge in [-0.15, -0.1) is 0 Å². The number of thiazole rings is 1. The van der Waals surface area contributed by atoms with Crippen LogP contribution in [0.25, 0.3) is 0 Å². The maximum atomic E-state index is 12.1. The number of rotatable bonds is 4. The highest BCUT2D eigenvalue weighted by Crippen LogP contribution is 2.26. The molecule has 6 heteroatoms. The Bertz CT molecular complexity index is 565. The second kappa shape index (κ2) is 5.71. The monoisotopic (exact) mass is 276 g/mol. The molecule has 0 spiro atoms. The number of anilines is 3. The van der Waals surface area contributed by atoms with Crippen molar-refractivity contribution in [1.29, 1.82) is 0 Å². The van der Waals surface area contributed by atoms with E-state index in [-0.39, 0.29) is 17.8 Å². The molecule has 0 bridgehead atoms. The molecule has 1 aromatic heterocycles. The molecule has 2 rings (SSSR count). The largest absolute Gasteiger partial charge is 0.382 e. The zero-order chi connectivity index (χ0) is 13.8. The van der Waals surface area contributed by atoms with Crippen molar-refractivity contribution in [1.82, 2.24) is 4.98 Å². The molecule has 19 heavy (non-hydrogen) atoms. The topological polar surface area (TPSA) is 80.0 Å². The first-order valence-electron chi connectivity index (χ1n) is 5.95. The van der Waals surface area contributed by atoms with Crippen molar-refractivity contribution in [3.05, 3.63) is 35.2 Å². The van der Waals surface area contributed by atoms with E-state index in [1.54, 1.807) is 0 Å². The molecule has 100 valence electrons. The highest BCUT2D eigenvalue weighted by atomic mass is 32.1. The van der Waals surface area contributed by atoms with E-state index in [0.717, 1.165) is 5.69 Å². The molecule has 0 aliphatic heterocycles. The molecule has 2 aromatic rings. The fourth-order valence-corrected chi connectivity index (χ4v) is 2.44. The molecule has 0 fully saturated rings. The molecule has 1 aromatic carbocycles. The maximum absolute atomic E-state index is 12.1. The van der Waals surface area contributed by atoms with Crippen molar-refractivity contribution < 1.29 is 4.79 Å². The Morgan fingerprint density at radius 3 is 2.63 bits per heavy atom. The molecular formula is C13H16N4OS. The number of nitrogen functional groups attached to an aromatic ring is 1. The van der Waals surface area contributed by atoms with Crippen LogP contribution >= 0.6 is 11.3 Å². The molecule has 1 amide bonds. The average molecular weight is 276 g/mol. The van der Waals surface area contributed by atoms with Crippen molar-refractivity contribution in [3.8, 4) is 0 Å². The van der Waals surface area contributed by atoms with Gasteiger partial charge in [-0.2, -0.15) is 0 Å². The van der Waals surface area contributed by atoms with Crippen LogP contribution in [0.4, 0.5) is 16.6 Å². The van der Waals surface area contributed by atoms with Crippen molar-refractivity contribution in [2.45, 2.75) is 19.9 Å². The van der Waals surface area contributed by atoms with Gasteiger partial charge < -0.3 is 16.4 Å². The number of hydrogen-bond donors (Lipinski definition) is 3. The quantitative estimate of drug-likeness (QED) is 0.802. The van der Waals surface area contributed by atoms with Crippen molar-refractivity contribution in [3.63, 3.8) is 0 Å². The van der Waals surface area contributed by atoms with Crippen LogP contribution in [0.2, 0.25) is 0 Å². The SMILES string of the molecule is CC(C)Nc1nc(N)c(C(=O)Nc2ccccc2)s1. The fourth-order valence-electron chi connectivity index (χ4n) is 1.51. The van der Waals surface area contributed by atoms with Gasteiger partial charge in [0.05, 0.1) is 0 Å². The van der Waals surface area contributed by atoms with Crippen molar-refractivity contribution in [2.24, 2.45) is 0 Å². The van der Waals surface area contributed by atoms with Gasteiger partial charge in [0.25, 0.3) is 5.91 Å². The Morgan fingerprint density at radius 2 is 2.00 bits per heavy atom. The smallest absolute Gasteiger partial charge is 0.269 e. The van der Waals surface area contributed by atoms with E-state index in [1.165, 1.54) is 11.3 Å². The number of nitrogens with two attached hydrogens (primary N) is 1. The summed E-state index contributed by atoms with van der Waals surface area (Å²) in [6.07, 6.45) is 0. The van der Waals surface area contributed by atoms with Gasteiger partial charge >= 0.3 is 0 Å². The number of hydrogen-bond acceptors (Lipinski definition) is 5. The second-order valence-electron chi connectivity index (χ2n) is 4.35. The Hall–Kier alpha value is -2.08. The first-order chi connectivity index (χ1) is 9.06.